The lowest BCUT2D eigenvalue weighted by molar-refractivity contribution is 0.276. The Bertz CT molecular complexity index is 715. The number of nitrogens with zero attached hydrogens (tertiary/aromatic N) is 1. The highest BCUT2D eigenvalue weighted by molar-refractivity contribution is 6.74. The third-order valence-corrected chi connectivity index (χ3v) is 9.28. The average molecular weight is 356 g/mol. The number of rotatable bonds is 6. The smallest absolute Gasteiger partial charge is 0.192 e. The molecule has 0 saturated carbocycles. The summed E-state index contributed by atoms with van der Waals surface area (Å²) < 4.78 is 11.5. The van der Waals surface area contributed by atoms with Gasteiger partial charge < -0.3 is 9.16 Å². The standard InChI is InChI=1S/C21H29NO2Si/c1-21(2,3)25(5,6)24-16-18-12-10-17(11-13-18)15-22-19-8-7-9-20(14-19)23-4/h7-15H,16H2,1-6H3. The zero-order valence-electron chi connectivity index (χ0n) is 16.2. The lowest BCUT2D eigenvalue weighted by Crippen LogP contribution is -2.40. The highest BCUT2D eigenvalue weighted by Gasteiger charge is 2.36. The van der Waals surface area contributed by atoms with Gasteiger partial charge in [0.05, 0.1) is 19.4 Å². The molecule has 0 aliphatic heterocycles. The monoisotopic (exact) mass is 355 g/mol. The number of aliphatic imine (C=N–C) groups is 1. The molecule has 0 fully saturated rings. The molecule has 0 radical (unpaired) electrons. The third kappa shape index (κ3) is 5.55. The highest BCUT2D eigenvalue weighted by Crippen LogP contribution is 2.37. The van der Waals surface area contributed by atoms with E-state index in [0.29, 0.717) is 6.61 Å². The molecule has 3 nitrogen and oxygen atoms in total. The van der Waals surface area contributed by atoms with Gasteiger partial charge in [0.25, 0.3) is 0 Å². The highest BCUT2D eigenvalue weighted by atomic mass is 28.4. The molecule has 0 bridgehead atoms. The minimum Gasteiger partial charge on any atom is -0.497 e. The normalized spacial score (nSPS) is 12.6. The van der Waals surface area contributed by atoms with E-state index in [4.69, 9.17) is 9.16 Å². The van der Waals surface area contributed by atoms with E-state index in [2.05, 4.69) is 63.1 Å². The second-order valence-electron chi connectivity index (χ2n) is 7.75. The summed E-state index contributed by atoms with van der Waals surface area (Å²) in [5.74, 6) is 0.813. The van der Waals surface area contributed by atoms with Gasteiger partial charge in [-0.15, -0.1) is 0 Å². The molecule has 0 aromatic heterocycles. The Morgan fingerprint density at radius 2 is 1.72 bits per heavy atom. The van der Waals surface area contributed by atoms with E-state index >= 15 is 0 Å². The summed E-state index contributed by atoms with van der Waals surface area (Å²) in [7, 11) is -0.0477. The van der Waals surface area contributed by atoms with E-state index < -0.39 is 8.32 Å². The molecule has 134 valence electrons. The SMILES string of the molecule is COc1cccc(N=Cc2ccc(CO[Si](C)(C)C(C)(C)C)cc2)c1. The Hall–Kier alpha value is -1.91. The van der Waals surface area contributed by atoms with Crippen LogP contribution in [0.2, 0.25) is 18.1 Å². The van der Waals surface area contributed by atoms with Crippen molar-refractivity contribution in [1.29, 1.82) is 0 Å². The summed E-state index contributed by atoms with van der Waals surface area (Å²) in [6, 6.07) is 16.1. The molecule has 0 heterocycles. The van der Waals surface area contributed by atoms with Gasteiger partial charge in [-0.1, -0.05) is 51.1 Å². The Morgan fingerprint density at radius 1 is 1.04 bits per heavy atom. The summed E-state index contributed by atoms with van der Waals surface area (Å²) >= 11 is 0. The van der Waals surface area contributed by atoms with E-state index in [1.165, 1.54) is 5.56 Å². The first-order valence-corrected chi connectivity index (χ1v) is 11.5. The van der Waals surface area contributed by atoms with Crippen molar-refractivity contribution >= 4 is 20.2 Å². The number of hydrogen-bond acceptors (Lipinski definition) is 3. The zero-order chi connectivity index (χ0) is 18.5. The van der Waals surface area contributed by atoms with Crippen LogP contribution in [0.1, 0.15) is 31.9 Å². The molecule has 25 heavy (non-hydrogen) atoms. The Morgan fingerprint density at radius 3 is 2.32 bits per heavy atom. The molecule has 0 aliphatic rings. The number of methoxy groups -OCH3 is 1. The molecule has 0 atom stereocenters. The molecule has 2 aromatic rings. The first kappa shape index (κ1) is 19.4. The van der Waals surface area contributed by atoms with Crippen molar-refractivity contribution in [2.75, 3.05) is 7.11 Å². The van der Waals surface area contributed by atoms with Crippen molar-refractivity contribution in [3.05, 3.63) is 59.7 Å². The topological polar surface area (TPSA) is 30.8 Å². The van der Waals surface area contributed by atoms with Crippen LogP contribution in [0.4, 0.5) is 5.69 Å². The maximum absolute atomic E-state index is 6.27. The molecular formula is C21H29NO2Si. The number of hydrogen-bond donors (Lipinski definition) is 0. The van der Waals surface area contributed by atoms with Gasteiger partial charge >= 0.3 is 0 Å². The predicted molar refractivity (Wildman–Crippen MR) is 109 cm³/mol. The maximum Gasteiger partial charge on any atom is 0.192 e. The van der Waals surface area contributed by atoms with Gasteiger partial charge in [0, 0.05) is 12.3 Å². The van der Waals surface area contributed by atoms with Crippen molar-refractivity contribution in [2.24, 2.45) is 4.99 Å². The van der Waals surface area contributed by atoms with Crippen LogP contribution in [0.5, 0.6) is 5.75 Å². The second-order valence-corrected chi connectivity index (χ2v) is 12.6. The fourth-order valence-electron chi connectivity index (χ4n) is 2.02. The molecule has 2 aromatic carbocycles. The predicted octanol–water partition coefficient (Wildman–Crippen LogP) is 5.97. The van der Waals surface area contributed by atoms with Crippen molar-refractivity contribution in [2.45, 2.75) is 45.5 Å². The van der Waals surface area contributed by atoms with Crippen LogP contribution >= 0.6 is 0 Å². The lowest BCUT2D eigenvalue weighted by Gasteiger charge is -2.36. The van der Waals surface area contributed by atoms with Crippen molar-refractivity contribution in [3.8, 4) is 5.75 Å². The van der Waals surface area contributed by atoms with Gasteiger partial charge in [0.15, 0.2) is 8.32 Å². The van der Waals surface area contributed by atoms with Crippen LogP contribution in [0.25, 0.3) is 0 Å². The molecule has 2 rings (SSSR count). The van der Waals surface area contributed by atoms with E-state index in [0.717, 1.165) is 17.0 Å². The molecule has 0 aliphatic carbocycles. The summed E-state index contributed by atoms with van der Waals surface area (Å²) in [6.45, 7) is 12.0. The van der Waals surface area contributed by atoms with Crippen molar-refractivity contribution < 1.29 is 9.16 Å². The van der Waals surface area contributed by atoms with Gasteiger partial charge in [-0.25, -0.2) is 0 Å². The summed E-state index contributed by atoms with van der Waals surface area (Å²) in [5.41, 5.74) is 3.15. The third-order valence-electron chi connectivity index (χ3n) is 4.80. The van der Waals surface area contributed by atoms with Gasteiger partial charge in [-0.3, -0.25) is 4.99 Å². The van der Waals surface area contributed by atoms with Crippen LogP contribution in [-0.4, -0.2) is 21.6 Å². The summed E-state index contributed by atoms with van der Waals surface area (Å²) in [5, 5.41) is 0.232. The first-order chi connectivity index (χ1) is 11.7. The molecule has 0 unspecified atom stereocenters. The largest absolute Gasteiger partial charge is 0.497 e. The van der Waals surface area contributed by atoms with E-state index in [1.54, 1.807) is 7.11 Å². The molecule has 0 spiro atoms. The Kier molecular flexibility index (Phi) is 6.19. The summed E-state index contributed by atoms with van der Waals surface area (Å²) in [4.78, 5) is 4.50. The van der Waals surface area contributed by atoms with Crippen LogP contribution in [-0.2, 0) is 11.0 Å². The van der Waals surface area contributed by atoms with Gasteiger partial charge in [0.2, 0.25) is 0 Å². The van der Waals surface area contributed by atoms with Crippen LogP contribution in [0, 0.1) is 0 Å². The Balaban J connectivity index is 1.99. The fraction of sp³-hybridized carbons (Fsp3) is 0.381. The van der Waals surface area contributed by atoms with Gasteiger partial charge in [-0.05, 0) is 41.4 Å². The van der Waals surface area contributed by atoms with E-state index in [9.17, 15) is 0 Å². The van der Waals surface area contributed by atoms with Crippen molar-refractivity contribution in [3.63, 3.8) is 0 Å². The average Bonchev–Trinajstić information content (AvgIpc) is 2.58. The first-order valence-electron chi connectivity index (χ1n) is 8.62. The second kappa shape index (κ2) is 7.98. The molecule has 4 heteroatoms. The zero-order valence-corrected chi connectivity index (χ0v) is 17.2. The quantitative estimate of drug-likeness (QED) is 0.472. The van der Waals surface area contributed by atoms with Crippen LogP contribution in [0.3, 0.4) is 0 Å². The van der Waals surface area contributed by atoms with Gasteiger partial charge in [0.1, 0.15) is 5.75 Å². The number of ether oxygens (including phenoxy) is 1. The maximum atomic E-state index is 6.27. The minimum atomic E-state index is -1.71. The minimum absolute atomic E-state index is 0.232. The molecule has 0 saturated heterocycles. The molecule has 0 N–H and O–H groups in total. The van der Waals surface area contributed by atoms with Crippen LogP contribution in [0.15, 0.2) is 53.5 Å². The van der Waals surface area contributed by atoms with Crippen molar-refractivity contribution in [1.82, 2.24) is 0 Å². The van der Waals surface area contributed by atoms with E-state index in [1.807, 2.05) is 30.5 Å². The van der Waals surface area contributed by atoms with Crippen LogP contribution < -0.4 is 4.74 Å². The summed E-state index contributed by atoms with van der Waals surface area (Å²) in [6.07, 6.45) is 1.87. The fourth-order valence-corrected chi connectivity index (χ4v) is 2.98. The number of benzene rings is 2. The van der Waals surface area contributed by atoms with E-state index in [-0.39, 0.29) is 5.04 Å². The molecule has 0 amide bonds. The van der Waals surface area contributed by atoms with Gasteiger partial charge in [-0.2, -0.15) is 0 Å². The molecular weight excluding hydrogens is 326 g/mol. The lowest BCUT2D eigenvalue weighted by atomic mass is 10.1. The Labute approximate surface area is 152 Å².